The topological polar surface area (TPSA) is 182 Å². The van der Waals surface area contributed by atoms with Gasteiger partial charge in [0.15, 0.2) is 18.3 Å². The van der Waals surface area contributed by atoms with E-state index in [9.17, 15) is 28.8 Å². The van der Waals surface area contributed by atoms with E-state index in [1.165, 1.54) is 13.0 Å². The molecule has 0 saturated carbocycles. The zero-order valence-corrected chi connectivity index (χ0v) is 26.5. The maximum absolute atomic E-state index is 13.3. The molecule has 0 saturated heterocycles. The summed E-state index contributed by atoms with van der Waals surface area (Å²) in [6, 6.07) is 13.2. The summed E-state index contributed by atoms with van der Waals surface area (Å²) in [5.41, 5.74) is 4.05. The van der Waals surface area contributed by atoms with Crippen LogP contribution < -0.4 is 10.6 Å². The number of rotatable bonds is 11. The Balaban J connectivity index is 1.64. The first-order valence-electron chi connectivity index (χ1n) is 14.7. The lowest BCUT2D eigenvalue weighted by molar-refractivity contribution is -0.188. The minimum absolute atomic E-state index is 0.0299. The molecular formula is C33H36N2O12. The number of ether oxygens (including phenoxy) is 6. The second kappa shape index (κ2) is 15.3. The Morgan fingerprint density at radius 1 is 0.787 bits per heavy atom. The highest BCUT2D eigenvalue weighted by molar-refractivity contribution is 5.87. The summed E-state index contributed by atoms with van der Waals surface area (Å²) in [5, 5.41) is 5.29. The molecule has 0 bridgehead atoms. The van der Waals surface area contributed by atoms with Crippen LogP contribution in [-0.4, -0.2) is 86.6 Å². The zero-order chi connectivity index (χ0) is 34.2. The van der Waals surface area contributed by atoms with E-state index in [-0.39, 0.29) is 12.5 Å². The van der Waals surface area contributed by atoms with Gasteiger partial charge in [-0.1, -0.05) is 48.5 Å². The minimum atomic E-state index is -1.56. The van der Waals surface area contributed by atoms with Crippen LogP contribution >= 0.6 is 0 Å². The molecule has 0 fully saturated rings. The van der Waals surface area contributed by atoms with Crippen LogP contribution in [0, 0.1) is 0 Å². The summed E-state index contributed by atoms with van der Waals surface area (Å²) >= 11 is 0. The van der Waals surface area contributed by atoms with Crippen LogP contribution in [0.4, 0.5) is 4.79 Å². The van der Waals surface area contributed by atoms with Crippen molar-refractivity contribution < 1.29 is 57.2 Å². The highest BCUT2D eigenvalue weighted by Gasteiger charge is 2.48. The van der Waals surface area contributed by atoms with Gasteiger partial charge in [0, 0.05) is 33.6 Å². The SMILES string of the molecule is COC(=O)C1=C[C@H](NC(=O)OCC2c3ccccc3-c3ccccc32)[C@@H](NC(C)=O)[C@H]([C@H](OC(C)=O)[C@@H](COC(C)=O)OC(C)=O)O1. The van der Waals surface area contributed by atoms with Gasteiger partial charge in [0.1, 0.15) is 13.2 Å². The van der Waals surface area contributed by atoms with Gasteiger partial charge in [-0.05, 0) is 28.3 Å². The zero-order valence-electron chi connectivity index (χ0n) is 26.5. The quantitative estimate of drug-likeness (QED) is 0.267. The van der Waals surface area contributed by atoms with Gasteiger partial charge in [-0.2, -0.15) is 0 Å². The van der Waals surface area contributed by atoms with E-state index in [2.05, 4.69) is 10.6 Å². The number of carbonyl (C=O) groups excluding carboxylic acids is 6. The van der Waals surface area contributed by atoms with Crippen LogP contribution in [0.1, 0.15) is 44.7 Å². The molecule has 0 spiro atoms. The van der Waals surface area contributed by atoms with Crippen LogP contribution in [0.15, 0.2) is 60.4 Å². The molecule has 2 N–H and O–H groups in total. The Bertz CT molecular complexity index is 1520. The number of methoxy groups -OCH3 is 1. The molecule has 2 amide bonds. The summed E-state index contributed by atoms with van der Waals surface area (Å²) in [6.07, 6.45) is -4.18. The van der Waals surface area contributed by atoms with Crippen molar-refractivity contribution >= 4 is 35.9 Å². The Labute approximate surface area is 270 Å². The largest absolute Gasteiger partial charge is 0.477 e. The van der Waals surface area contributed by atoms with Crippen molar-refractivity contribution in [2.45, 2.75) is 64.0 Å². The molecule has 250 valence electrons. The molecule has 5 atom stereocenters. The summed E-state index contributed by atoms with van der Waals surface area (Å²) < 4.78 is 32.3. The van der Waals surface area contributed by atoms with Gasteiger partial charge in [0.2, 0.25) is 11.7 Å². The molecule has 0 unspecified atom stereocenters. The number of hydrogen-bond acceptors (Lipinski definition) is 12. The Kier molecular flexibility index (Phi) is 11.2. The average molecular weight is 653 g/mol. The number of alkyl carbamates (subject to hydrolysis) is 1. The smallest absolute Gasteiger partial charge is 0.407 e. The highest BCUT2D eigenvalue weighted by atomic mass is 16.6. The van der Waals surface area contributed by atoms with Gasteiger partial charge in [0.25, 0.3) is 0 Å². The molecule has 1 aliphatic heterocycles. The van der Waals surface area contributed by atoms with E-state index in [0.29, 0.717) is 0 Å². The lowest BCUT2D eigenvalue weighted by atomic mass is 9.91. The van der Waals surface area contributed by atoms with E-state index in [1.807, 2.05) is 48.5 Å². The monoisotopic (exact) mass is 652 g/mol. The van der Waals surface area contributed by atoms with Gasteiger partial charge in [-0.25, -0.2) is 9.59 Å². The third-order valence-corrected chi connectivity index (χ3v) is 7.48. The van der Waals surface area contributed by atoms with Crippen LogP contribution in [0.3, 0.4) is 0 Å². The standard InChI is InChI=1S/C33H36N2O12/c1-17(36)34-29-26(35-33(41)44-15-25-23-12-8-6-10-21(23)22-11-7-9-13-24(22)25)14-27(32(40)42-5)47-31(29)30(46-20(4)39)28(45-19(3)38)16-43-18(2)37/h6-14,25-26,28-31H,15-16H2,1-5H3,(H,34,36)(H,35,41)/t26-,28+,29+,30+,31+/m0/s1. The predicted octanol–water partition coefficient (Wildman–Crippen LogP) is 2.28. The fourth-order valence-electron chi connectivity index (χ4n) is 5.69. The van der Waals surface area contributed by atoms with Gasteiger partial charge < -0.3 is 39.1 Å². The number of carbonyl (C=O) groups is 6. The third kappa shape index (κ3) is 8.45. The fraction of sp³-hybridized carbons (Fsp3) is 0.394. The van der Waals surface area contributed by atoms with E-state index < -0.39 is 78.6 Å². The maximum Gasteiger partial charge on any atom is 0.407 e. The first-order valence-corrected chi connectivity index (χ1v) is 14.7. The minimum Gasteiger partial charge on any atom is -0.477 e. The van der Waals surface area contributed by atoms with Gasteiger partial charge in [-0.3, -0.25) is 19.2 Å². The summed E-state index contributed by atoms with van der Waals surface area (Å²) in [6.45, 7) is 3.88. The Hall–Kier alpha value is -5.40. The fourth-order valence-corrected chi connectivity index (χ4v) is 5.69. The van der Waals surface area contributed by atoms with E-state index in [4.69, 9.17) is 28.4 Å². The summed E-state index contributed by atoms with van der Waals surface area (Å²) in [7, 11) is 1.10. The van der Waals surface area contributed by atoms with Crippen molar-refractivity contribution in [2.24, 2.45) is 0 Å². The number of esters is 4. The van der Waals surface area contributed by atoms with Crippen molar-refractivity contribution in [3.05, 3.63) is 71.5 Å². The predicted molar refractivity (Wildman–Crippen MR) is 162 cm³/mol. The van der Waals surface area contributed by atoms with Crippen LogP contribution in [0.5, 0.6) is 0 Å². The Morgan fingerprint density at radius 2 is 1.38 bits per heavy atom. The number of fused-ring (bicyclic) bond motifs is 3. The summed E-state index contributed by atoms with van der Waals surface area (Å²) in [5.74, 6) is -4.59. The third-order valence-electron chi connectivity index (χ3n) is 7.48. The van der Waals surface area contributed by atoms with Crippen molar-refractivity contribution in [2.75, 3.05) is 20.3 Å². The van der Waals surface area contributed by atoms with Crippen LogP contribution in [-0.2, 0) is 52.4 Å². The molecule has 14 nitrogen and oxygen atoms in total. The number of amides is 2. The van der Waals surface area contributed by atoms with Gasteiger partial charge >= 0.3 is 30.0 Å². The van der Waals surface area contributed by atoms with Crippen molar-refractivity contribution in [1.82, 2.24) is 10.6 Å². The Morgan fingerprint density at radius 3 is 1.91 bits per heavy atom. The first-order chi connectivity index (χ1) is 22.4. The number of nitrogens with one attached hydrogen (secondary N) is 2. The molecule has 0 radical (unpaired) electrons. The molecule has 1 aliphatic carbocycles. The molecule has 0 aromatic heterocycles. The normalized spacial score (nSPS) is 19.3. The molecule has 2 aromatic carbocycles. The van der Waals surface area contributed by atoms with Crippen LogP contribution in [0.2, 0.25) is 0 Å². The molecule has 1 heterocycles. The molecule has 14 heteroatoms. The number of benzene rings is 2. The van der Waals surface area contributed by atoms with Gasteiger partial charge in [0.05, 0.1) is 19.2 Å². The van der Waals surface area contributed by atoms with Crippen molar-refractivity contribution in [1.29, 1.82) is 0 Å². The van der Waals surface area contributed by atoms with Gasteiger partial charge in [-0.15, -0.1) is 0 Å². The average Bonchev–Trinajstić information content (AvgIpc) is 3.34. The van der Waals surface area contributed by atoms with E-state index in [0.717, 1.165) is 50.1 Å². The lowest BCUT2D eigenvalue weighted by Crippen LogP contribution is -2.64. The van der Waals surface area contributed by atoms with E-state index >= 15 is 0 Å². The second-order valence-electron chi connectivity index (χ2n) is 10.9. The lowest BCUT2D eigenvalue weighted by Gasteiger charge is -2.41. The molecule has 4 rings (SSSR count). The van der Waals surface area contributed by atoms with Crippen molar-refractivity contribution in [3.63, 3.8) is 0 Å². The molecule has 47 heavy (non-hydrogen) atoms. The second-order valence-corrected chi connectivity index (χ2v) is 10.9. The maximum atomic E-state index is 13.3. The molecular weight excluding hydrogens is 616 g/mol. The highest BCUT2D eigenvalue weighted by Crippen LogP contribution is 2.44. The van der Waals surface area contributed by atoms with Crippen molar-refractivity contribution in [3.8, 4) is 11.1 Å². The number of hydrogen-bond donors (Lipinski definition) is 2. The summed E-state index contributed by atoms with van der Waals surface area (Å²) in [4.78, 5) is 74.4. The first kappa shape index (κ1) is 34.5. The van der Waals surface area contributed by atoms with E-state index in [1.54, 1.807) is 0 Å². The van der Waals surface area contributed by atoms with Crippen LogP contribution in [0.25, 0.3) is 11.1 Å². The molecule has 2 aliphatic rings. The molecule has 2 aromatic rings.